The van der Waals surface area contributed by atoms with Crippen LogP contribution in [-0.2, 0) is 6.42 Å². The van der Waals surface area contributed by atoms with Crippen molar-refractivity contribution in [2.45, 2.75) is 33.1 Å². The quantitative estimate of drug-likeness (QED) is 0.723. The lowest BCUT2D eigenvalue weighted by Crippen LogP contribution is -1.97. The molecule has 1 rings (SSSR count). The summed E-state index contributed by atoms with van der Waals surface area (Å²) in [5.74, 6) is 0.868. The van der Waals surface area contributed by atoms with Gasteiger partial charge in [0.15, 0.2) is 0 Å². The topological polar surface area (TPSA) is 20.2 Å². The van der Waals surface area contributed by atoms with Crippen molar-refractivity contribution in [1.29, 1.82) is 0 Å². The molecule has 14 heavy (non-hydrogen) atoms. The molecule has 0 radical (unpaired) electrons. The van der Waals surface area contributed by atoms with Crippen molar-refractivity contribution in [1.82, 2.24) is 0 Å². The number of hydrogen-bond acceptors (Lipinski definition) is 1. The Morgan fingerprint density at radius 3 is 2.57 bits per heavy atom. The van der Waals surface area contributed by atoms with E-state index < -0.39 is 0 Å². The molecule has 0 bridgehead atoms. The summed E-state index contributed by atoms with van der Waals surface area (Å²) in [6.07, 6.45) is 2.57. The molecular formula is C13H18O. The zero-order chi connectivity index (χ0) is 10.7. The van der Waals surface area contributed by atoms with Crippen molar-refractivity contribution in [3.63, 3.8) is 0 Å². The Kier molecular flexibility index (Phi) is 3.34. The summed E-state index contributed by atoms with van der Waals surface area (Å²) < 4.78 is 0. The van der Waals surface area contributed by atoms with E-state index >= 15 is 0 Å². The molecule has 1 aromatic carbocycles. The molecule has 0 aliphatic rings. The maximum atomic E-state index is 9.91. The fraction of sp³-hybridized carbons (Fsp3) is 0.385. The molecule has 0 unspecified atom stereocenters. The van der Waals surface area contributed by atoms with Crippen LogP contribution in [-0.4, -0.2) is 5.11 Å². The summed E-state index contributed by atoms with van der Waals surface area (Å²) in [4.78, 5) is 0. The first-order chi connectivity index (χ1) is 6.57. The van der Waals surface area contributed by atoms with Crippen LogP contribution in [0.15, 0.2) is 24.8 Å². The van der Waals surface area contributed by atoms with Crippen LogP contribution in [0.3, 0.4) is 0 Å². The highest BCUT2D eigenvalue weighted by Gasteiger charge is 2.11. The van der Waals surface area contributed by atoms with Crippen LogP contribution in [0.5, 0.6) is 5.75 Å². The monoisotopic (exact) mass is 190 g/mol. The van der Waals surface area contributed by atoms with Crippen LogP contribution in [0.25, 0.3) is 0 Å². The van der Waals surface area contributed by atoms with Crippen molar-refractivity contribution in [3.05, 3.63) is 41.5 Å². The first-order valence-corrected chi connectivity index (χ1v) is 5.00. The first-order valence-electron chi connectivity index (χ1n) is 5.00. The van der Waals surface area contributed by atoms with E-state index in [1.807, 2.05) is 19.1 Å². The van der Waals surface area contributed by atoms with Gasteiger partial charge in [-0.05, 0) is 30.4 Å². The lowest BCUT2D eigenvalue weighted by atomic mass is 9.93. The van der Waals surface area contributed by atoms with Gasteiger partial charge < -0.3 is 5.11 Å². The lowest BCUT2D eigenvalue weighted by Gasteiger charge is -2.14. The molecule has 0 aromatic heterocycles. The normalized spacial score (nSPS) is 10.6. The molecule has 0 saturated carbocycles. The summed E-state index contributed by atoms with van der Waals surface area (Å²) in [5, 5.41) is 9.91. The number of phenolic OH excluding ortho intramolecular Hbond substituents is 1. The maximum Gasteiger partial charge on any atom is 0.122 e. The van der Waals surface area contributed by atoms with E-state index in [1.165, 1.54) is 5.56 Å². The first kappa shape index (κ1) is 10.8. The summed E-state index contributed by atoms with van der Waals surface area (Å²) in [5.41, 5.74) is 3.18. The fourth-order valence-electron chi connectivity index (χ4n) is 1.67. The fourth-order valence-corrected chi connectivity index (χ4v) is 1.67. The Hall–Kier alpha value is -1.24. The van der Waals surface area contributed by atoms with Gasteiger partial charge in [-0.3, -0.25) is 0 Å². The molecular weight excluding hydrogens is 172 g/mol. The van der Waals surface area contributed by atoms with Crippen molar-refractivity contribution < 1.29 is 5.11 Å². The van der Waals surface area contributed by atoms with Crippen LogP contribution >= 0.6 is 0 Å². The minimum absolute atomic E-state index is 0.427. The Morgan fingerprint density at radius 1 is 1.43 bits per heavy atom. The molecule has 0 heterocycles. The average molecular weight is 190 g/mol. The Labute approximate surface area is 86.1 Å². The van der Waals surface area contributed by atoms with Crippen molar-refractivity contribution in [2.75, 3.05) is 0 Å². The number of phenols is 1. The molecule has 1 heteroatoms. The number of hydrogen-bond donors (Lipinski definition) is 1. The van der Waals surface area contributed by atoms with Gasteiger partial charge in [-0.1, -0.05) is 32.1 Å². The van der Waals surface area contributed by atoms with E-state index in [1.54, 1.807) is 0 Å². The molecule has 0 amide bonds. The molecule has 76 valence electrons. The van der Waals surface area contributed by atoms with Crippen LogP contribution in [0, 0.1) is 6.92 Å². The third kappa shape index (κ3) is 1.98. The zero-order valence-electron chi connectivity index (χ0n) is 9.17. The standard InChI is InChI=1S/C13H18O/c1-5-6-12-11(9(2)3)8-7-10(4)13(12)14/h5,7-9,14H,1,6H2,2-4H3. The van der Waals surface area contributed by atoms with Gasteiger partial charge in [-0.15, -0.1) is 6.58 Å². The van der Waals surface area contributed by atoms with Crippen molar-refractivity contribution >= 4 is 0 Å². The molecule has 0 fully saturated rings. The Morgan fingerprint density at radius 2 is 2.07 bits per heavy atom. The van der Waals surface area contributed by atoms with Gasteiger partial charge in [0.1, 0.15) is 5.75 Å². The molecule has 0 spiro atoms. The van der Waals surface area contributed by atoms with Crippen LogP contribution < -0.4 is 0 Å². The van der Waals surface area contributed by atoms with E-state index in [0.29, 0.717) is 11.7 Å². The number of aryl methyl sites for hydroxylation is 1. The van der Waals surface area contributed by atoms with Crippen LogP contribution in [0.1, 0.15) is 36.5 Å². The highest BCUT2D eigenvalue weighted by Crippen LogP contribution is 2.30. The minimum Gasteiger partial charge on any atom is -0.507 e. The zero-order valence-corrected chi connectivity index (χ0v) is 9.17. The highest BCUT2D eigenvalue weighted by molar-refractivity contribution is 5.47. The second-order valence-corrected chi connectivity index (χ2v) is 3.95. The molecule has 1 nitrogen and oxygen atoms in total. The third-order valence-corrected chi connectivity index (χ3v) is 2.49. The van der Waals surface area contributed by atoms with Gasteiger partial charge in [0, 0.05) is 5.56 Å². The largest absolute Gasteiger partial charge is 0.507 e. The van der Waals surface area contributed by atoms with Gasteiger partial charge in [0.25, 0.3) is 0 Å². The summed E-state index contributed by atoms with van der Waals surface area (Å²) in [6, 6.07) is 4.07. The predicted molar refractivity (Wildman–Crippen MR) is 60.8 cm³/mol. The van der Waals surface area contributed by atoms with Crippen LogP contribution in [0.2, 0.25) is 0 Å². The lowest BCUT2D eigenvalue weighted by molar-refractivity contribution is 0.463. The van der Waals surface area contributed by atoms with Gasteiger partial charge in [0.2, 0.25) is 0 Å². The van der Waals surface area contributed by atoms with E-state index in [4.69, 9.17) is 0 Å². The Balaban J connectivity index is 3.29. The number of rotatable bonds is 3. The second kappa shape index (κ2) is 4.32. The number of allylic oxidation sites excluding steroid dienone is 1. The van der Waals surface area contributed by atoms with E-state index in [2.05, 4.69) is 26.5 Å². The average Bonchev–Trinajstić information content (AvgIpc) is 2.13. The van der Waals surface area contributed by atoms with Crippen molar-refractivity contribution in [2.24, 2.45) is 0 Å². The van der Waals surface area contributed by atoms with E-state index in [9.17, 15) is 5.11 Å². The predicted octanol–water partition coefficient (Wildman–Crippen LogP) is 3.55. The van der Waals surface area contributed by atoms with E-state index in [-0.39, 0.29) is 0 Å². The molecule has 0 aliphatic heterocycles. The van der Waals surface area contributed by atoms with Crippen LogP contribution in [0.4, 0.5) is 0 Å². The SMILES string of the molecule is C=CCc1c(C(C)C)ccc(C)c1O. The van der Waals surface area contributed by atoms with Crippen molar-refractivity contribution in [3.8, 4) is 5.75 Å². The summed E-state index contributed by atoms with van der Waals surface area (Å²) in [6.45, 7) is 9.91. The van der Waals surface area contributed by atoms with E-state index in [0.717, 1.165) is 17.5 Å². The molecule has 1 N–H and O–H groups in total. The van der Waals surface area contributed by atoms with Gasteiger partial charge >= 0.3 is 0 Å². The second-order valence-electron chi connectivity index (χ2n) is 3.95. The molecule has 0 atom stereocenters. The van der Waals surface area contributed by atoms with Gasteiger partial charge in [0.05, 0.1) is 0 Å². The smallest absolute Gasteiger partial charge is 0.122 e. The highest BCUT2D eigenvalue weighted by atomic mass is 16.3. The van der Waals surface area contributed by atoms with Gasteiger partial charge in [-0.25, -0.2) is 0 Å². The third-order valence-electron chi connectivity index (χ3n) is 2.49. The van der Waals surface area contributed by atoms with Gasteiger partial charge in [-0.2, -0.15) is 0 Å². The summed E-state index contributed by atoms with van der Waals surface area (Å²) >= 11 is 0. The maximum absolute atomic E-state index is 9.91. The molecule has 1 aromatic rings. The number of aromatic hydroxyl groups is 1. The molecule has 0 saturated heterocycles. The Bertz CT molecular complexity index is 337. The molecule has 0 aliphatic carbocycles. The summed E-state index contributed by atoms with van der Waals surface area (Å²) in [7, 11) is 0. The minimum atomic E-state index is 0.427. The number of benzene rings is 1.